The van der Waals surface area contributed by atoms with Gasteiger partial charge in [0.2, 0.25) is 0 Å². The first-order valence-corrected chi connectivity index (χ1v) is 11.4. The average Bonchev–Trinajstić information content (AvgIpc) is 3.21. The van der Waals surface area contributed by atoms with Crippen LogP contribution in [0.3, 0.4) is 0 Å². The largest absolute Gasteiger partial charge is 0.351 e. The monoisotopic (exact) mass is 463 g/mol. The number of nitrogens with zero attached hydrogens (tertiary/aromatic N) is 1. The Kier molecular flexibility index (Phi) is 7.12. The summed E-state index contributed by atoms with van der Waals surface area (Å²) in [6.45, 7) is 1.02. The summed E-state index contributed by atoms with van der Waals surface area (Å²) in [5.41, 5.74) is 6.32. The fourth-order valence-corrected chi connectivity index (χ4v) is 4.54. The minimum absolute atomic E-state index is 0.164. The quantitative estimate of drug-likeness (QED) is 0.417. The second-order valence-electron chi connectivity index (χ2n) is 7.87. The number of fused-ring (bicyclic) bond motifs is 1. The maximum absolute atomic E-state index is 12.4. The lowest BCUT2D eigenvalue weighted by Crippen LogP contribution is -2.24. The maximum atomic E-state index is 12.4. The fourth-order valence-electron chi connectivity index (χ4n) is 4.07. The lowest BCUT2D eigenvalue weighted by Gasteiger charge is -2.16. The van der Waals surface area contributed by atoms with E-state index in [0.29, 0.717) is 35.1 Å². The molecule has 1 atom stereocenters. The molecule has 32 heavy (non-hydrogen) atoms. The minimum atomic E-state index is -0.164. The number of rotatable bonds is 7. The molecular weight excluding hydrogens is 441 g/mol. The van der Waals surface area contributed by atoms with Crippen LogP contribution in [0.5, 0.6) is 0 Å². The van der Waals surface area contributed by atoms with Crippen molar-refractivity contribution in [3.63, 3.8) is 0 Å². The molecule has 0 heterocycles. The third-order valence-electron chi connectivity index (χ3n) is 5.76. The van der Waals surface area contributed by atoms with E-state index in [1.54, 1.807) is 12.1 Å². The van der Waals surface area contributed by atoms with Crippen LogP contribution in [0.2, 0.25) is 10.0 Å². The van der Waals surface area contributed by atoms with Crippen molar-refractivity contribution >= 4 is 29.1 Å². The van der Waals surface area contributed by atoms with Crippen molar-refractivity contribution in [3.05, 3.63) is 93.0 Å². The fraction of sp³-hybridized carbons (Fsp3) is 0.231. The normalized spacial score (nSPS) is 14.6. The van der Waals surface area contributed by atoms with Crippen LogP contribution in [0.15, 0.2) is 60.7 Å². The van der Waals surface area contributed by atoms with Gasteiger partial charge in [0, 0.05) is 34.7 Å². The molecule has 6 heteroatoms. The number of carbonyl (C=O) groups excluding carboxylic acids is 1. The molecule has 0 fully saturated rings. The van der Waals surface area contributed by atoms with E-state index in [-0.39, 0.29) is 11.9 Å². The van der Waals surface area contributed by atoms with Crippen LogP contribution >= 0.6 is 23.2 Å². The summed E-state index contributed by atoms with van der Waals surface area (Å²) in [6.07, 6.45) is 2.36. The van der Waals surface area contributed by atoms with Gasteiger partial charge in [0.05, 0.1) is 12.5 Å². The van der Waals surface area contributed by atoms with E-state index < -0.39 is 0 Å². The number of hydrogen-bond acceptors (Lipinski definition) is 3. The average molecular weight is 464 g/mol. The zero-order valence-electron chi connectivity index (χ0n) is 17.5. The molecule has 4 rings (SSSR count). The summed E-state index contributed by atoms with van der Waals surface area (Å²) in [7, 11) is 0. The molecule has 1 unspecified atom stereocenters. The van der Waals surface area contributed by atoms with Gasteiger partial charge in [-0.15, -0.1) is 0 Å². The molecule has 1 aliphatic carbocycles. The van der Waals surface area contributed by atoms with Gasteiger partial charge in [-0.25, -0.2) is 0 Å². The summed E-state index contributed by atoms with van der Waals surface area (Å²) in [5.74, 6) is -0.164. The highest BCUT2D eigenvalue weighted by Crippen LogP contribution is 2.35. The number of carbonyl (C=O) groups is 1. The predicted octanol–water partition coefficient (Wildman–Crippen LogP) is 6.08. The zero-order chi connectivity index (χ0) is 22.5. The number of nitrogens with one attached hydrogen (secondary N) is 2. The summed E-state index contributed by atoms with van der Waals surface area (Å²) in [5, 5.41) is 16.4. The third kappa shape index (κ3) is 5.14. The van der Waals surface area contributed by atoms with Crippen molar-refractivity contribution < 1.29 is 4.79 Å². The Morgan fingerprint density at radius 3 is 2.72 bits per heavy atom. The number of hydrogen-bond donors (Lipinski definition) is 2. The summed E-state index contributed by atoms with van der Waals surface area (Å²) in [6, 6.07) is 22.0. The van der Waals surface area contributed by atoms with Crippen molar-refractivity contribution in [2.75, 3.05) is 6.54 Å². The van der Waals surface area contributed by atoms with Gasteiger partial charge in [-0.2, -0.15) is 5.26 Å². The molecule has 0 saturated carbocycles. The lowest BCUT2D eigenvalue weighted by atomic mass is 9.97. The number of aryl methyl sites for hydroxylation is 1. The van der Waals surface area contributed by atoms with E-state index in [4.69, 9.17) is 28.5 Å². The van der Waals surface area contributed by atoms with Crippen molar-refractivity contribution in [1.82, 2.24) is 10.6 Å². The van der Waals surface area contributed by atoms with E-state index in [2.05, 4.69) is 28.8 Å². The van der Waals surface area contributed by atoms with Gasteiger partial charge in [-0.05, 0) is 71.0 Å². The maximum Gasteiger partial charge on any atom is 0.251 e. The van der Waals surface area contributed by atoms with Crippen LogP contribution in [-0.4, -0.2) is 12.5 Å². The molecule has 162 valence electrons. The number of benzene rings is 3. The van der Waals surface area contributed by atoms with Crippen LogP contribution in [-0.2, 0) is 13.0 Å². The topological polar surface area (TPSA) is 64.9 Å². The van der Waals surface area contributed by atoms with E-state index in [0.717, 1.165) is 29.5 Å². The molecule has 0 aliphatic heterocycles. The second-order valence-corrected chi connectivity index (χ2v) is 8.71. The molecule has 2 N–H and O–H groups in total. The Morgan fingerprint density at radius 1 is 1.06 bits per heavy atom. The highest BCUT2D eigenvalue weighted by atomic mass is 35.5. The molecule has 1 amide bonds. The van der Waals surface area contributed by atoms with Crippen molar-refractivity contribution in [2.24, 2.45) is 0 Å². The van der Waals surface area contributed by atoms with Gasteiger partial charge in [0.1, 0.15) is 0 Å². The van der Waals surface area contributed by atoms with Gasteiger partial charge in [-0.1, -0.05) is 53.5 Å². The Balaban J connectivity index is 1.51. The molecular formula is C26H23Cl2N3O. The molecule has 3 aromatic carbocycles. The standard InChI is InChI=1S/C26H23Cl2N3O/c27-22-9-7-21(24(28)15-22)16-31-25-10-8-17-5-6-19(14-23(17)25)18-3-1-4-20(13-18)26(32)30-12-2-11-29/h1,3-7,9,13-15,25,31H,2,8,10,12,16H2,(H,30,32). The molecule has 0 bridgehead atoms. The van der Waals surface area contributed by atoms with Crippen LogP contribution < -0.4 is 10.6 Å². The number of halogens is 2. The van der Waals surface area contributed by atoms with E-state index in [1.807, 2.05) is 36.4 Å². The lowest BCUT2D eigenvalue weighted by molar-refractivity contribution is 0.0954. The van der Waals surface area contributed by atoms with Gasteiger partial charge >= 0.3 is 0 Å². The highest BCUT2D eigenvalue weighted by molar-refractivity contribution is 6.35. The number of nitriles is 1. The van der Waals surface area contributed by atoms with E-state index >= 15 is 0 Å². The van der Waals surface area contributed by atoms with Crippen LogP contribution in [0.25, 0.3) is 11.1 Å². The first-order chi connectivity index (χ1) is 15.5. The number of amides is 1. The van der Waals surface area contributed by atoms with Crippen molar-refractivity contribution in [1.29, 1.82) is 5.26 Å². The summed E-state index contributed by atoms with van der Waals surface area (Å²) < 4.78 is 0. The molecule has 0 radical (unpaired) electrons. The zero-order valence-corrected chi connectivity index (χ0v) is 19.0. The summed E-state index contributed by atoms with van der Waals surface area (Å²) >= 11 is 12.3. The van der Waals surface area contributed by atoms with Crippen molar-refractivity contribution in [2.45, 2.75) is 31.8 Å². The third-order valence-corrected chi connectivity index (χ3v) is 6.35. The Morgan fingerprint density at radius 2 is 1.91 bits per heavy atom. The Hall–Kier alpha value is -2.84. The van der Waals surface area contributed by atoms with E-state index in [1.165, 1.54) is 11.1 Å². The van der Waals surface area contributed by atoms with Crippen LogP contribution in [0.1, 0.15) is 45.9 Å². The Bertz CT molecular complexity index is 1190. The second kappa shape index (κ2) is 10.2. The summed E-state index contributed by atoms with van der Waals surface area (Å²) in [4.78, 5) is 12.4. The predicted molar refractivity (Wildman–Crippen MR) is 129 cm³/mol. The minimum Gasteiger partial charge on any atom is -0.351 e. The smallest absolute Gasteiger partial charge is 0.251 e. The van der Waals surface area contributed by atoms with Gasteiger partial charge in [0.25, 0.3) is 5.91 Å². The first kappa shape index (κ1) is 22.4. The van der Waals surface area contributed by atoms with E-state index in [9.17, 15) is 4.79 Å². The van der Waals surface area contributed by atoms with Crippen LogP contribution in [0.4, 0.5) is 0 Å². The molecule has 1 aliphatic rings. The van der Waals surface area contributed by atoms with Crippen LogP contribution in [0, 0.1) is 11.3 Å². The first-order valence-electron chi connectivity index (χ1n) is 10.6. The molecule has 3 aromatic rings. The highest BCUT2D eigenvalue weighted by Gasteiger charge is 2.23. The molecule has 0 saturated heterocycles. The Labute approximate surface area is 198 Å². The molecule has 0 spiro atoms. The van der Waals surface area contributed by atoms with Crippen molar-refractivity contribution in [3.8, 4) is 17.2 Å². The van der Waals surface area contributed by atoms with Gasteiger partial charge in [-0.3, -0.25) is 4.79 Å². The molecule has 0 aromatic heterocycles. The molecule has 4 nitrogen and oxygen atoms in total. The van der Waals surface area contributed by atoms with Gasteiger partial charge < -0.3 is 10.6 Å². The van der Waals surface area contributed by atoms with Gasteiger partial charge in [0.15, 0.2) is 0 Å². The SMILES string of the molecule is N#CCCNC(=O)c1cccc(-c2ccc3c(c2)C(NCc2ccc(Cl)cc2Cl)CC3)c1.